The van der Waals surface area contributed by atoms with Crippen LogP contribution in [0.1, 0.15) is 5.56 Å². The molecule has 0 radical (unpaired) electrons. The maximum absolute atomic E-state index is 14.3. The number of thiophene rings is 1. The molecule has 31 heavy (non-hydrogen) atoms. The summed E-state index contributed by atoms with van der Waals surface area (Å²) >= 11 is 7.01. The summed E-state index contributed by atoms with van der Waals surface area (Å²) in [7, 11) is 0. The Labute approximate surface area is 185 Å². The molecule has 0 aliphatic carbocycles. The van der Waals surface area contributed by atoms with Crippen molar-refractivity contribution in [3.63, 3.8) is 0 Å². The van der Waals surface area contributed by atoms with Crippen molar-refractivity contribution in [1.29, 1.82) is 0 Å². The van der Waals surface area contributed by atoms with Crippen LogP contribution in [0, 0.1) is 5.82 Å². The van der Waals surface area contributed by atoms with E-state index in [0.29, 0.717) is 23.5 Å². The Kier molecular flexibility index (Phi) is 6.01. The molecule has 0 atom stereocenters. The van der Waals surface area contributed by atoms with Gasteiger partial charge in [0.1, 0.15) is 17.1 Å². The third-order valence-electron chi connectivity index (χ3n) is 4.80. The lowest BCUT2D eigenvalue weighted by molar-refractivity contribution is -0.121. The first-order valence-corrected chi connectivity index (χ1v) is 10.7. The lowest BCUT2D eigenvalue weighted by Crippen LogP contribution is -2.42. The van der Waals surface area contributed by atoms with Crippen LogP contribution in [0.5, 0.6) is 0 Å². The van der Waals surface area contributed by atoms with Gasteiger partial charge in [0, 0.05) is 11.6 Å². The number of aromatic nitrogens is 2. The van der Waals surface area contributed by atoms with E-state index in [1.54, 1.807) is 23.6 Å². The van der Waals surface area contributed by atoms with Crippen molar-refractivity contribution in [2.24, 2.45) is 0 Å². The highest BCUT2D eigenvalue weighted by molar-refractivity contribution is 7.17. The maximum Gasteiger partial charge on any atom is 0.336 e. The molecule has 0 aliphatic heterocycles. The molecule has 1 amide bonds. The first-order valence-electron chi connectivity index (χ1n) is 9.45. The zero-order valence-electron chi connectivity index (χ0n) is 16.2. The number of benzene rings is 2. The Morgan fingerprint density at radius 3 is 2.55 bits per heavy atom. The molecular weight excluding hydrogens is 441 g/mol. The Hall–Kier alpha value is -3.23. The lowest BCUT2D eigenvalue weighted by Gasteiger charge is -2.13. The van der Waals surface area contributed by atoms with Crippen molar-refractivity contribution in [3.8, 4) is 5.69 Å². The van der Waals surface area contributed by atoms with Crippen LogP contribution in [0.2, 0.25) is 5.02 Å². The van der Waals surface area contributed by atoms with E-state index in [1.807, 2.05) is 12.1 Å². The number of amides is 1. The fraction of sp³-hybridized carbons (Fsp3) is 0.136. The van der Waals surface area contributed by atoms with Gasteiger partial charge in [0.2, 0.25) is 5.91 Å². The lowest BCUT2D eigenvalue weighted by atomic mass is 10.1. The van der Waals surface area contributed by atoms with E-state index in [9.17, 15) is 18.8 Å². The number of halogens is 2. The van der Waals surface area contributed by atoms with Gasteiger partial charge in [-0.2, -0.15) is 0 Å². The van der Waals surface area contributed by atoms with Gasteiger partial charge < -0.3 is 5.32 Å². The third-order valence-corrected chi connectivity index (χ3v) is 5.94. The molecule has 2 aromatic carbocycles. The van der Waals surface area contributed by atoms with E-state index in [4.69, 9.17) is 11.6 Å². The van der Waals surface area contributed by atoms with Crippen molar-refractivity contribution >= 4 is 39.1 Å². The van der Waals surface area contributed by atoms with Crippen LogP contribution >= 0.6 is 22.9 Å². The molecule has 6 nitrogen and oxygen atoms in total. The highest BCUT2D eigenvalue weighted by Crippen LogP contribution is 2.17. The van der Waals surface area contributed by atoms with E-state index in [-0.39, 0.29) is 22.8 Å². The van der Waals surface area contributed by atoms with Crippen LogP contribution < -0.4 is 16.6 Å². The number of para-hydroxylation sites is 1. The topological polar surface area (TPSA) is 73.1 Å². The second kappa shape index (κ2) is 8.87. The first-order chi connectivity index (χ1) is 15.0. The molecule has 0 unspecified atom stereocenters. The van der Waals surface area contributed by atoms with E-state index in [1.165, 1.54) is 28.8 Å². The van der Waals surface area contributed by atoms with Crippen molar-refractivity contribution in [2.45, 2.75) is 13.0 Å². The SMILES string of the molecule is O=C(Cn1c(=O)n(-c2ccccc2F)c(=O)c2sccc21)NCCc1ccc(Cl)cc1. The fourth-order valence-corrected chi connectivity index (χ4v) is 4.23. The second-order valence-corrected chi connectivity index (χ2v) is 8.17. The fourth-order valence-electron chi connectivity index (χ4n) is 3.28. The summed E-state index contributed by atoms with van der Waals surface area (Å²) in [5, 5.41) is 5.07. The van der Waals surface area contributed by atoms with Crippen molar-refractivity contribution in [3.05, 3.63) is 97.2 Å². The zero-order valence-corrected chi connectivity index (χ0v) is 17.8. The van der Waals surface area contributed by atoms with Gasteiger partial charge in [-0.1, -0.05) is 35.9 Å². The quantitative estimate of drug-likeness (QED) is 0.482. The molecular formula is C22H17ClFN3O3S. The summed E-state index contributed by atoms with van der Waals surface area (Å²) < 4.78 is 16.6. The number of carbonyl (C=O) groups excluding carboxylic acids is 1. The average molecular weight is 458 g/mol. The third kappa shape index (κ3) is 4.30. The van der Waals surface area contributed by atoms with Gasteiger partial charge in [-0.3, -0.25) is 14.2 Å². The van der Waals surface area contributed by atoms with Gasteiger partial charge in [-0.25, -0.2) is 13.8 Å². The molecule has 0 saturated carbocycles. The number of hydrogen-bond acceptors (Lipinski definition) is 4. The smallest absolute Gasteiger partial charge is 0.336 e. The first kappa shape index (κ1) is 21.0. The predicted molar refractivity (Wildman–Crippen MR) is 120 cm³/mol. The van der Waals surface area contributed by atoms with Gasteiger partial charge in [0.25, 0.3) is 5.56 Å². The Balaban J connectivity index is 1.61. The number of fused-ring (bicyclic) bond motifs is 1. The van der Waals surface area contributed by atoms with Crippen LogP contribution in [-0.4, -0.2) is 21.6 Å². The van der Waals surface area contributed by atoms with E-state index in [0.717, 1.165) is 21.5 Å². The maximum atomic E-state index is 14.3. The van der Waals surface area contributed by atoms with E-state index in [2.05, 4.69) is 5.32 Å². The van der Waals surface area contributed by atoms with Crippen molar-refractivity contribution in [2.75, 3.05) is 6.54 Å². The zero-order chi connectivity index (χ0) is 22.0. The Bertz CT molecular complexity index is 1380. The monoisotopic (exact) mass is 457 g/mol. The van der Waals surface area contributed by atoms with Gasteiger partial charge in [0.05, 0.1) is 11.2 Å². The molecule has 0 spiro atoms. The molecule has 0 saturated heterocycles. The molecule has 2 heterocycles. The Morgan fingerprint density at radius 1 is 1.06 bits per heavy atom. The minimum atomic E-state index is -0.770. The van der Waals surface area contributed by atoms with E-state index < -0.39 is 17.1 Å². The molecule has 2 aromatic heterocycles. The summed E-state index contributed by atoms with van der Waals surface area (Å²) in [6, 6.07) is 14.4. The van der Waals surface area contributed by atoms with E-state index >= 15 is 0 Å². The van der Waals surface area contributed by atoms with Crippen LogP contribution in [0.3, 0.4) is 0 Å². The minimum absolute atomic E-state index is 0.148. The van der Waals surface area contributed by atoms with Gasteiger partial charge >= 0.3 is 5.69 Å². The van der Waals surface area contributed by atoms with Crippen LogP contribution in [0.15, 0.2) is 69.6 Å². The van der Waals surface area contributed by atoms with Gasteiger partial charge in [-0.05, 0) is 47.7 Å². The van der Waals surface area contributed by atoms with Crippen molar-refractivity contribution < 1.29 is 9.18 Å². The summed E-state index contributed by atoms with van der Waals surface area (Å²) in [6.45, 7) is 0.0797. The molecule has 158 valence electrons. The summed E-state index contributed by atoms with van der Waals surface area (Å²) in [6.07, 6.45) is 0.598. The van der Waals surface area contributed by atoms with Crippen LogP contribution in [0.4, 0.5) is 4.39 Å². The molecule has 1 N–H and O–H groups in total. The normalized spacial score (nSPS) is 11.0. The van der Waals surface area contributed by atoms with Crippen LogP contribution in [0.25, 0.3) is 15.9 Å². The van der Waals surface area contributed by atoms with Crippen molar-refractivity contribution in [1.82, 2.24) is 14.5 Å². The highest BCUT2D eigenvalue weighted by Gasteiger charge is 2.19. The predicted octanol–water partition coefficient (Wildman–Crippen LogP) is 3.37. The largest absolute Gasteiger partial charge is 0.354 e. The summed E-state index contributed by atoms with van der Waals surface area (Å²) in [5.41, 5.74) is -0.173. The van der Waals surface area contributed by atoms with Gasteiger partial charge in [-0.15, -0.1) is 11.3 Å². The average Bonchev–Trinajstić information content (AvgIpc) is 3.24. The number of hydrogen-bond donors (Lipinski definition) is 1. The van der Waals surface area contributed by atoms with Crippen LogP contribution in [-0.2, 0) is 17.8 Å². The summed E-state index contributed by atoms with van der Waals surface area (Å²) in [4.78, 5) is 38.5. The number of carbonyl (C=O) groups is 1. The molecule has 4 aromatic rings. The molecule has 0 bridgehead atoms. The number of nitrogens with one attached hydrogen (secondary N) is 1. The number of nitrogens with zero attached hydrogens (tertiary/aromatic N) is 2. The highest BCUT2D eigenvalue weighted by atomic mass is 35.5. The van der Waals surface area contributed by atoms with Gasteiger partial charge in [0.15, 0.2) is 0 Å². The molecule has 0 aliphatic rings. The second-order valence-electron chi connectivity index (χ2n) is 6.82. The molecule has 9 heteroatoms. The Morgan fingerprint density at radius 2 is 1.81 bits per heavy atom. The minimum Gasteiger partial charge on any atom is -0.354 e. The number of rotatable bonds is 6. The summed E-state index contributed by atoms with van der Waals surface area (Å²) in [5.74, 6) is -1.08. The molecule has 4 rings (SSSR count). The standard InChI is InChI=1S/C22H17ClFN3O3S/c23-15-7-5-14(6-8-15)9-11-25-19(28)13-26-18-10-12-31-20(18)21(29)27(22(26)30)17-4-2-1-3-16(17)24/h1-8,10,12H,9,11,13H2,(H,25,28). The molecule has 0 fully saturated rings.